The van der Waals surface area contributed by atoms with E-state index in [9.17, 15) is 0 Å². The zero-order valence-corrected chi connectivity index (χ0v) is 18.1. The number of aromatic nitrogens is 4. The van der Waals surface area contributed by atoms with E-state index in [1.165, 1.54) is 6.42 Å². The molecule has 9 nitrogen and oxygen atoms in total. The van der Waals surface area contributed by atoms with Crippen molar-refractivity contribution in [2.75, 3.05) is 28.6 Å². The van der Waals surface area contributed by atoms with Gasteiger partial charge in [0.15, 0.2) is 5.82 Å². The van der Waals surface area contributed by atoms with E-state index in [0.29, 0.717) is 36.4 Å². The number of anilines is 4. The van der Waals surface area contributed by atoms with Crippen molar-refractivity contribution in [3.05, 3.63) is 17.8 Å². The smallest absolute Gasteiger partial charge is 0.226 e. The Morgan fingerprint density at radius 3 is 2.58 bits per heavy atom. The molecule has 3 aliphatic rings. The normalized spacial score (nSPS) is 27.3. The molecular formula is C22H31N9. The molecule has 3 fully saturated rings. The van der Waals surface area contributed by atoms with Crippen LogP contribution in [-0.2, 0) is 0 Å². The van der Waals surface area contributed by atoms with Gasteiger partial charge in [-0.05, 0) is 51.4 Å². The Kier molecular flexibility index (Phi) is 5.64. The maximum absolute atomic E-state index is 8.90. The molecule has 0 aliphatic carbocycles. The first-order chi connectivity index (χ1) is 15.1. The monoisotopic (exact) mass is 421 g/mol. The van der Waals surface area contributed by atoms with Crippen LogP contribution in [0.25, 0.3) is 0 Å². The maximum Gasteiger partial charge on any atom is 0.226 e. The first-order valence-corrected chi connectivity index (χ1v) is 11.5. The van der Waals surface area contributed by atoms with Gasteiger partial charge in [-0.2, -0.15) is 20.3 Å². The number of piperidine rings is 2. The Hall–Kier alpha value is -2.86. The van der Waals surface area contributed by atoms with Crippen LogP contribution < -0.4 is 20.9 Å². The fraction of sp³-hybridized carbons (Fsp3) is 0.636. The summed E-state index contributed by atoms with van der Waals surface area (Å²) in [6.45, 7) is 4.06. The summed E-state index contributed by atoms with van der Waals surface area (Å²) in [4.78, 5) is 11.9. The van der Waals surface area contributed by atoms with E-state index < -0.39 is 0 Å². The van der Waals surface area contributed by atoms with Gasteiger partial charge in [-0.3, -0.25) is 5.10 Å². The Bertz CT molecular complexity index is 931. The van der Waals surface area contributed by atoms with Gasteiger partial charge in [-0.1, -0.05) is 0 Å². The van der Waals surface area contributed by atoms with E-state index in [1.54, 1.807) is 0 Å². The highest BCUT2D eigenvalue weighted by Crippen LogP contribution is 2.33. The Balaban J connectivity index is 1.28. The number of nitriles is 1. The SMILES string of the molecule is Cc1cc(Nc2cc(N3CCC3)nc(NC3CC4CC(CCC#N)CC(C3)N4)n2)n[nH]1. The van der Waals surface area contributed by atoms with Crippen molar-refractivity contribution >= 4 is 23.4 Å². The summed E-state index contributed by atoms with van der Waals surface area (Å²) in [6, 6.07) is 7.66. The summed E-state index contributed by atoms with van der Waals surface area (Å²) in [5, 5.41) is 26.9. The number of nitrogens with one attached hydrogen (secondary N) is 4. The van der Waals surface area contributed by atoms with Crippen LogP contribution in [0, 0.1) is 24.2 Å². The first-order valence-electron chi connectivity index (χ1n) is 11.5. The predicted octanol–water partition coefficient (Wildman–Crippen LogP) is 3.08. The Morgan fingerprint density at radius 1 is 1.13 bits per heavy atom. The second-order valence-corrected chi connectivity index (χ2v) is 9.24. The molecule has 2 bridgehead atoms. The molecule has 5 heterocycles. The zero-order chi connectivity index (χ0) is 21.2. The fourth-order valence-electron chi connectivity index (χ4n) is 5.17. The van der Waals surface area contributed by atoms with Crippen LogP contribution >= 0.6 is 0 Å². The molecule has 0 amide bonds. The van der Waals surface area contributed by atoms with Crippen LogP contribution in [0.3, 0.4) is 0 Å². The molecule has 2 aromatic rings. The number of rotatable bonds is 7. The van der Waals surface area contributed by atoms with Gasteiger partial charge < -0.3 is 20.9 Å². The van der Waals surface area contributed by atoms with Crippen molar-refractivity contribution < 1.29 is 0 Å². The second kappa shape index (κ2) is 8.71. The standard InChI is InChI=1S/C22H31N9/c1-14-8-20(30-29-14)26-19-13-21(31-6-3-7-31)28-22(27-19)25-18-11-16-9-15(4-2-5-23)10-17(12-18)24-16/h8,13,15-18,24H,2-4,6-7,9-12H2,1H3,(H3,25,26,27,28,29,30). The number of nitrogens with zero attached hydrogens (tertiary/aromatic N) is 5. The lowest BCUT2D eigenvalue weighted by Gasteiger charge is -2.44. The molecule has 0 spiro atoms. The summed E-state index contributed by atoms with van der Waals surface area (Å²) < 4.78 is 0. The number of aromatic amines is 1. The van der Waals surface area contributed by atoms with E-state index in [2.05, 4.69) is 37.1 Å². The average Bonchev–Trinajstić information content (AvgIpc) is 3.09. The van der Waals surface area contributed by atoms with Crippen LogP contribution in [0.15, 0.2) is 12.1 Å². The van der Waals surface area contributed by atoms with E-state index >= 15 is 0 Å². The molecular weight excluding hydrogens is 390 g/mol. The van der Waals surface area contributed by atoms with Gasteiger partial charge in [0.25, 0.3) is 0 Å². The molecule has 5 rings (SSSR count). The van der Waals surface area contributed by atoms with Gasteiger partial charge in [-0.15, -0.1) is 0 Å². The van der Waals surface area contributed by atoms with Gasteiger partial charge in [0, 0.05) is 55.5 Å². The highest BCUT2D eigenvalue weighted by atomic mass is 15.3. The van der Waals surface area contributed by atoms with Crippen LogP contribution in [0.1, 0.15) is 50.6 Å². The van der Waals surface area contributed by atoms with E-state index in [1.807, 2.05) is 19.1 Å². The van der Waals surface area contributed by atoms with Crippen LogP contribution in [-0.4, -0.2) is 51.4 Å². The van der Waals surface area contributed by atoms with Gasteiger partial charge in [0.1, 0.15) is 11.6 Å². The largest absolute Gasteiger partial charge is 0.356 e. The Morgan fingerprint density at radius 2 is 1.94 bits per heavy atom. The van der Waals surface area contributed by atoms with Crippen molar-refractivity contribution in [3.8, 4) is 6.07 Å². The highest BCUT2D eigenvalue weighted by Gasteiger charge is 2.35. The molecule has 31 heavy (non-hydrogen) atoms. The van der Waals surface area contributed by atoms with Crippen LogP contribution in [0.5, 0.6) is 0 Å². The molecule has 4 N–H and O–H groups in total. The average molecular weight is 422 g/mol. The minimum Gasteiger partial charge on any atom is -0.356 e. The summed E-state index contributed by atoms with van der Waals surface area (Å²) in [5.41, 5.74) is 1.01. The Labute approximate surface area is 183 Å². The summed E-state index contributed by atoms with van der Waals surface area (Å²) >= 11 is 0. The van der Waals surface area contributed by atoms with Crippen LogP contribution in [0.4, 0.5) is 23.4 Å². The second-order valence-electron chi connectivity index (χ2n) is 9.24. The summed E-state index contributed by atoms with van der Waals surface area (Å²) in [7, 11) is 0. The topological polar surface area (TPSA) is 118 Å². The quantitative estimate of drug-likeness (QED) is 0.539. The number of fused-ring (bicyclic) bond motifs is 2. The van der Waals surface area contributed by atoms with Crippen molar-refractivity contribution in [2.24, 2.45) is 5.92 Å². The summed E-state index contributed by atoms with van der Waals surface area (Å²) in [5.74, 6) is 3.85. The third-order valence-electron chi connectivity index (χ3n) is 6.70. The first kappa shape index (κ1) is 20.1. The molecule has 0 radical (unpaired) electrons. The van der Waals surface area contributed by atoms with E-state index in [-0.39, 0.29) is 0 Å². The van der Waals surface area contributed by atoms with Gasteiger partial charge >= 0.3 is 0 Å². The van der Waals surface area contributed by atoms with Crippen molar-refractivity contribution in [3.63, 3.8) is 0 Å². The number of aryl methyl sites for hydroxylation is 1. The lowest BCUT2D eigenvalue weighted by molar-refractivity contribution is 0.171. The highest BCUT2D eigenvalue weighted by molar-refractivity contribution is 5.60. The molecule has 0 saturated carbocycles. The zero-order valence-electron chi connectivity index (χ0n) is 18.1. The van der Waals surface area contributed by atoms with Crippen molar-refractivity contribution in [2.45, 2.75) is 70.0 Å². The van der Waals surface area contributed by atoms with Gasteiger partial charge in [-0.25, -0.2) is 0 Å². The fourth-order valence-corrected chi connectivity index (χ4v) is 5.17. The number of H-pyrrole nitrogens is 1. The van der Waals surface area contributed by atoms with Gasteiger partial charge in [0.2, 0.25) is 5.95 Å². The minimum absolute atomic E-state index is 0.361. The molecule has 3 saturated heterocycles. The lowest BCUT2D eigenvalue weighted by Crippen LogP contribution is -2.54. The van der Waals surface area contributed by atoms with Gasteiger partial charge in [0.05, 0.1) is 6.07 Å². The maximum atomic E-state index is 8.90. The third-order valence-corrected chi connectivity index (χ3v) is 6.70. The molecule has 2 aromatic heterocycles. The molecule has 2 atom stereocenters. The molecule has 164 valence electrons. The van der Waals surface area contributed by atoms with E-state index in [0.717, 1.165) is 68.3 Å². The molecule has 2 unspecified atom stereocenters. The molecule has 0 aromatic carbocycles. The number of hydrogen-bond acceptors (Lipinski definition) is 8. The third kappa shape index (κ3) is 4.74. The predicted molar refractivity (Wildman–Crippen MR) is 120 cm³/mol. The summed E-state index contributed by atoms with van der Waals surface area (Å²) in [6.07, 6.45) is 7.38. The molecule has 3 aliphatic heterocycles. The van der Waals surface area contributed by atoms with Crippen molar-refractivity contribution in [1.29, 1.82) is 5.26 Å². The van der Waals surface area contributed by atoms with E-state index in [4.69, 9.17) is 15.2 Å². The van der Waals surface area contributed by atoms with Crippen LogP contribution in [0.2, 0.25) is 0 Å². The minimum atomic E-state index is 0.361. The number of hydrogen-bond donors (Lipinski definition) is 4. The van der Waals surface area contributed by atoms with Crippen molar-refractivity contribution in [1.82, 2.24) is 25.5 Å². The lowest BCUT2D eigenvalue weighted by atomic mass is 9.77. The molecule has 9 heteroatoms.